The summed E-state index contributed by atoms with van der Waals surface area (Å²) in [4.78, 5) is 13.4. The molecule has 1 heterocycles. The number of likely N-dealkylation sites (N-methyl/N-ethyl adjacent to an activating group) is 1. The van der Waals surface area contributed by atoms with Gasteiger partial charge in [0.1, 0.15) is 5.75 Å². The molecule has 1 fully saturated rings. The largest absolute Gasteiger partial charge is 0.507 e. The highest BCUT2D eigenvalue weighted by molar-refractivity contribution is 5.97. The number of aromatic hydroxyl groups is 1. The van der Waals surface area contributed by atoms with Crippen LogP contribution in [0.2, 0.25) is 0 Å². The van der Waals surface area contributed by atoms with Crippen LogP contribution in [0, 0.1) is 0 Å². The molecular weight excluding hydrogens is 230 g/mol. The summed E-state index contributed by atoms with van der Waals surface area (Å²) in [6, 6.07) is 5.49. The Morgan fingerprint density at radius 3 is 2.72 bits per heavy atom. The van der Waals surface area contributed by atoms with Crippen molar-refractivity contribution in [2.75, 3.05) is 18.6 Å². The number of phenolic OH excluding ortho intramolecular Hbond substituents is 1. The van der Waals surface area contributed by atoms with Gasteiger partial charge in [0.15, 0.2) is 5.78 Å². The predicted octanol–water partition coefficient (Wildman–Crippen LogP) is 2.21. The Bertz CT molecular complexity index is 458. The van der Waals surface area contributed by atoms with Crippen LogP contribution in [0.15, 0.2) is 18.2 Å². The van der Waals surface area contributed by atoms with Gasteiger partial charge >= 0.3 is 0 Å². The van der Waals surface area contributed by atoms with Crippen molar-refractivity contribution in [1.29, 1.82) is 0 Å². The summed E-state index contributed by atoms with van der Waals surface area (Å²) in [5, 5.41) is 9.84. The highest BCUT2D eigenvalue weighted by Gasteiger charge is 2.28. The number of hydrogen-bond donors (Lipinski definition) is 1. The summed E-state index contributed by atoms with van der Waals surface area (Å²) in [5.41, 5.74) is 1.27. The number of Topliss-reactive ketones (excluding diaryl/α,β-unsaturated/α-hetero) is 1. The van der Waals surface area contributed by atoms with Crippen LogP contribution in [0.25, 0.3) is 0 Å². The standard InChI is InChI=1S/C14H19NO3/c1-9(16)12-5-4-11(8-14(12)17)15(3)13-6-7-18-10(13)2/h4-5,8,10,13,17H,6-7H2,1-3H3. The maximum atomic E-state index is 11.3. The number of hydrogen-bond acceptors (Lipinski definition) is 4. The minimum atomic E-state index is -0.126. The van der Waals surface area contributed by atoms with Gasteiger partial charge in [0.2, 0.25) is 0 Å². The lowest BCUT2D eigenvalue weighted by atomic mass is 10.1. The molecule has 4 heteroatoms. The maximum Gasteiger partial charge on any atom is 0.163 e. The first-order chi connectivity index (χ1) is 8.50. The van der Waals surface area contributed by atoms with E-state index in [1.807, 2.05) is 13.1 Å². The molecule has 1 saturated heterocycles. The van der Waals surface area contributed by atoms with E-state index < -0.39 is 0 Å². The summed E-state index contributed by atoms with van der Waals surface area (Å²) in [7, 11) is 1.98. The molecule has 2 unspecified atom stereocenters. The summed E-state index contributed by atoms with van der Waals surface area (Å²) in [6.45, 7) is 4.27. The molecule has 98 valence electrons. The third-order valence-electron chi connectivity index (χ3n) is 3.60. The Morgan fingerprint density at radius 1 is 1.50 bits per heavy atom. The number of anilines is 1. The van der Waals surface area contributed by atoms with Crippen molar-refractivity contribution in [2.24, 2.45) is 0 Å². The van der Waals surface area contributed by atoms with Crippen molar-refractivity contribution in [3.05, 3.63) is 23.8 Å². The zero-order valence-electron chi connectivity index (χ0n) is 11.0. The van der Waals surface area contributed by atoms with Crippen molar-refractivity contribution in [2.45, 2.75) is 32.4 Å². The third-order valence-corrected chi connectivity index (χ3v) is 3.60. The van der Waals surface area contributed by atoms with E-state index >= 15 is 0 Å². The van der Waals surface area contributed by atoms with Crippen LogP contribution in [0.3, 0.4) is 0 Å². The Morgan fingerprint density at radius 2 is 2.22 bits per heavy atom. The zero-order chi connectivity index (χ0) is 13.3. The molecule has 1 N–H and O–H groups in total. The van der Waals surface area contributed by atoms with Gasteiger partial charge in [-0.3, -0.25) is 4.79 Å². The van der Waals surface area contributed by atoms with Crippen molar-refractivity contribution >= 4 is 11.5 Å². The van der Waals surface area contributed by atoms with Crippen LogP contribution >= 0.6 is 0 Å². The molecule has 4 nitrogen and oxygen atoms in total. The lowest BCUT2D eigenvalue weighted by Gasteiger charge is -2.29. The average molecular weight is 249 g/mol. The Hall–Kier alpha value is -1.55. The van der Waals surface area contributed by atoms with E-state index in [1.54, 1.807) is 12.1 Å². The van der Waals surface area contributed by atoms with E-state index in [2.05, 4.69) is 11.8 Å². The Balaban J connectivity index is 2.23. The molecule has 0 bridgehead atoms. The highest BCUT2D eigenvalue weighted by Crippen LogP contribution is 2.28. The van der Waals surface area contributed by atoms with Gasteiger partial charge in [0.25, 0.3) is 0 Å². The van der Waals surface area contributed by atoms with Crippen LogP contribution in [0.5, 0.6) is 5.75 Å². The minimum Gasteiger partial charge on any atom is -0.507 e. The molecule has 18 heavy (non-hydrogen) atoms. The molecule has 0 amide bonds. The predicted molar refractivity (Wildman–Crippen MR) is 70.3 cm³/mol. The van der Waals surface area contributed by atoms with E-state index in [1.165, 1.54) is 6.92 Å². The van der Waals surface area contributed by atoms with Gasteiger partial charge in [-0.15, -0.1) is 0 Å². The van der Waals surface area contributed by atoms with Crippen LogP contribution in [0.1, 0.15) is 30.6 Å². The molecule has 0 spiro atoms. The van der Waals surface area contributed by atoms with Crippen molar-refractivity contribution in [3.8, 4) is 5.75 Å². The van der Waals surface area contributed by atoms with E-state index in [4.69, 9.17) is 4.74 Å². The van der Waals surface area contributed by atoms with Crippen LogP contribution in [-0.2, 0) is 4.74 Å². The lowest BCUT2D eigenvalue weighted by molar-refractivity contribution is 0.101. The molecule has 1 aromatic rings. The number of ether oxygens (including phenoxy) is 1. The Labute approximate surface area is 107 Å². The maximum absolute atomic E-state index is 11.3. The smallest absolute Gasteiger partial charge is 0.163 e. The second-order valence-electron chi connectivity index (χ2n) is 4.80. The Kier molecular flexibility index (Phi) is 3.57. The van der Waals surface area contributed by atoms with Gasteiger partial charge in [-0.25, -0.2) is 0 Å². The number of benzene rings is 1. The molecule has 1 aliphatic rings. The number of nitrogens with zero attached hydrogens (tertiary/aromatic N) is 1. The first-order valence-electron chi connectivity index (χ1n) is 6.19. The number of phenols is 1. The number of rotatable bonds is 3. The van der Waals surface area contributed by atoms with Gasteiger partial charge in [-0.05, 0) is 32.4 Å². The van der Waals surface area contributed by atoms with Gasteiger partial charge in [0, 0.05) is 25.4 Å². The molecule has 2 atom stereocenters. The minimum absolute atomic E-state index is 0.0402. The van der Waals surface area contributed by atoms with Crippen molar-refractivity contribution < 1.29 is 14.6 Å². The van der Waals surface area contributed by atoms with E-state index in [-0.39, 0.29) is 17.6 Å². The summed E-state index contributed by atoms with van der Waals surface area (Å²) >= 11 is 0. The highest BCUT2D eigenvalue weighted by atomic mass is 16.5. The van der Waals surface area contributed by atoms with E-state index in [9.17, 15) is 9.90 Å². The van der Waals surface area contributed by atoms with Gasteiger partial charge in [-0.1, -0.05) is 0 Å². The van der Waals surface area contributed by atoms with Crippen molar-refractivity contribution in [3.63, 3.8) is 0 Å². The molecule has 0 aliphatic carbocycles. The summed E-state index contributed by atoms with van der Waals surface area (Å²) < 4.78 is 5.54. The fourth-order valence-electron chi connectivity index (χ4n) is 2.46. The van der Waals surface area contributed by atoms with Crippen molar-refractivity contribution in [1.82, 2.24) is 0 Å². The molecular formula is C14H19NO3. The van der Waals surface area contributed by atoms with Crippen LogP contribution in [-0.4, -0.2) is 36.7 Å². The quantitative estimate of drug-likeness (QED) is 0.834. The zero-order valence-corrected chi connectivity index (χ0v) is 11.0. The van der Waals surface area contributed by atoms with E-state index in [0.29, 0.717) is 11.6 Å². The lowest BCUT2D eigenvalue weighted by Crippen LogP contribution is -2.36. The summed E-state index contributed by atoms with van der Waals surface area (Å²) in [6.07, 6.45) is 1.16. The number of carbonyl (C=O) groups is 1. The van der Waals surface area contributed by atoms with Gasteiger partial charge < -0.3 is 14.7 Å². The van der Waals surface area contributed by atoms with E-state index in [0.717, 1.165) is 18.7 Å². The van der Waals surface area contributed by atoms with Crippen LogP contribution < -0.4 is 4.90 Å². The third kappa shape index (κ3) is 2.34. The first-order valence-corrected chi connectivity index (χ1v) is 6.19. The summed E-state index contributed by atoms with van der Waals surface area (Å²) in [5.74, 6) is -0.0855. The molecule has 2 rings (SSSR count). The van der Waals surface area contributed by atoms with Gasteiger partial charge in [0.05, 0.1) is 17.7 Å². The normalized spacial score (nSPS) is 23.1. The fraction of sp³-hybridized carbons (Fsp3) is 0.500. The SMILES string of the molecule is CC(=O)c1ccc(N(C)C2CCOC2C)cc1O. The number of ketones is 1. The number of carbonyl (C=O) groups excluding carboxylic acids is 1. The molecule has 0 radical (unpaired) electrons. The van der Waals surface area contributed by atoms with Gasteiger partial charge in [-0.2, -0.15) is 0 Å². The molecule has 1 aromatic carbocycles. The monoisotopic (exact) mass is 249 g/mol. The first kappa shape index (κ1) is 12.9. The van der Waals surface area contributed by atoms with Crippen LogP contribution in [0.4, 0.5) is 5.69 Å². The second kappa shape index (κ2) is 4.98. The average Bonchev–Trinajstić information content (AvgIpc) is 2.74. The topological polar surface area (TPSA) is 49.8 Å². The molecule has 1 aliphatic heterocycles. The fourth-order valence-corrected chi connectivity index (χ4v) is 2.46. The molecule has 0 saturated carbocycles. The second-order valence-corrected chi connectivity index (χ2v) is 4.80. The molecule has 0 aromatic heterocycles.